The minimum atomic E-state index is -0.232. The van der Waals surface area contributed by atoms with E-state index < -0.39 is 0 Å². The number of aryl methyl sites for hydroxylation is 1. The smallest absolute Gasteiger partial charge is 0.267 e. The van der Waals surface area contributed by atoms with Crippen molar-refractivity contribution >= 4 is 18.2 Å². The van der Waals surface area contributed by atoms with E-state index in [0.29, 0.717) is 12.0 Å². The first-order chi connectivity index (χ1) is 10.7. The maximum absolute atomic E-state index is 11.6. The molecule has 0 aliphatic carbocycles. The van der Waals surface area contributed by atoms with Gasteiger partial charge in [0.15, 0.2) is 0 Å². The van der Waals surface area contributed by atoms with Crippen molar-refractivity contribution in [3.05, 3.63) is 63.6 Å². The highest BCUT2D eigenvalue weighted by Crippen LogP contribution is 2.01. The largest absolute Gasteiger partial charge is 0.302 e. The van der Waals surface area contributed by atoms with Crippen molar-refractivity contribution in [1.29, 1.82) is 0 Å². The molecule has 2 aromatic rings. The molecule has 6 heteroatoms. The molecule has 0 bridgehead atoms. The number of hydrogen-bond donors (Lipinski definition) is 3. The van der Waals surface area contributed by atoms with Gasteiger partial charge < -0.3 is 5.10 Å². The summed E-state index contributed by atoms with van der Waals surface area (Å²) in [5.74, 6) is -0.232. The number of aromatic nitrogens is 2. The van der Waals surface area contributed by atoms with Crippen LogP contribution in [0.5, 0.6) is 0 Å². The van der Waals surface area contributed by atoms with Gasteiger partial charge in [-0.05, 0) is 25.0 Å². The second-order valence-electron chi connectivity index (χ2n) is 4.77. The summed E-state index contributed by atoms with van der Waals surface area (Å²) in [4.78, 5) is 23.1. The van der Waals surface area contributed by atoms with Crippen LogP contribution >= 0.6 is 0 Å². The minimum absolute atomic E-state index is 0.181. The van der Waals surface area contributed by atoms with Crippen molar-refractivity contribution in [2.75, 3.05) is 0 Å². The summed E-state index contributed by atoms with van der Waals surface area (Å²) < 4.78 is 0. The first-order valence-electron chi connectivity index (χ1n) is 6.96. The van der Waals surface area contributed by atoms with Gasteiger partial charge in [-0.15, -0.1) is 0 Å². The highest BCUT2D eigenvalue weighted by atomic mass is 16.2. The number of amides is 1. The van der Waals surface area contributed by atoms with E-state index in [1.165, 1.54) is 6.21 Å². The molecular formula is C16H18N4O2. The molecule has 0 radical (unpaired) electrons. The van der Waals surface area contributed by atoms with Crippen molar-refractivity contribution in [2.45, 2.75) is 19.8 Å². The van der Waals surface area contributed by atoms with Crippen LogP contribution in [0.4, 0.5) is 0 Å². The molecule has 2 rings (SSSR count). The topological polar surface area (TPSA) is 90.1 Å². The molecule has 0 spiro atoms. The van der Waals surface area contributed by atoms with Crippen molar-refractivity contribution in [1.82, 2.24) is 15.6 Å². The van der Waals surface area contributed by atoms with Crippen molar-refractivity contribution in [2.24, 2.45) is 5.10 Å². The number of rotatable bonds is 6. The number of aromatic amines is 2. The quantitative estimate of drug-likeness (QED) is 0.560. The molecule has 114 valence electrons. The van der Waals surface area contributed by atoms with Crippen LogP contribution in [0, 0.1) is 6.92 Å². The van der Waals surface area contributed by atoms with Gasteiger partial charge in [-0.2, -0.15) is 5.10 Å². The Labute approximate surface area is 127 Å². The molecule has 1 amide bonds. The van der Waals surface area contributed by atoms with Gasteiger partial charge in [0, 0.05) is 23.9 Å². The zero-order valence-corrected chi connectivity index (χ0v) is 12.3. The zero-order chi connectivity index (χ0) is 15.8. The third-order valence-electron chi connectivity index (χ3n) is 3.13. The van der Waals surface area contributed by atoms with Crippen molar-refractivity contribution in [3.63, 3.8) is 0 Å². The van der Waals surface area contributed by atoms with Crippen molar-refractivity contribution in [3.8, 4) is 0 Å². The van der Waals surface area contributed by atoms with Crippen LogP contribution in [0.3, 0.4) is 0 Å². The Balaban J connectivity index is 1.75. The van der Waals surface area contributed by atoms with E-state index in [-0.39, 0.29) is 17.9 Å². The van der Waals surface area contributed by atoms with Crippen LogP contribution < -0.4 is 11.0 Å². The molecule has 0 atom stereocenters. The Bertz CT molecular complexity index is 726. The van der Waals surface area contributed by atoms with Gasteiger partial charge in [-0.1, -0.05) is 36.4 Å². The number of hydrogen-bond acceptors (Lipinski definition) is 3. The van der Waals surface area contributed by atoms with Gasteiger partial charge in [0.1, 0.15) is 0 Å². The molecule has 0 unspecified atom stereocenters. The van der Waals surface area contributed by atoms with Crippen LogP contribution in [0.1, 0.15) is 23.2 Å². The fourth-order valence-electron chi connectivity index (χ4n) is 1.94. The van der Waals surface area contributed by atoms with Gasteiger partial charge in [0.2, 0.25) is 5.91 Å². The number of hydrazone groups is 1. The Kier molecular flexibility index (Phi) is 5.48. The van der Waals surface area contributed by atoms with E-state index in [4.69, 9.17) is 0 Å². The first-order valence-corrected chi connectivity index (χ1v) is 6.96. The maximum Gasteiger partial charge on any atom is 0.267 e. The maximum atomic E-state index is 11.6. The SMILES string of the molecule is Cc1[nH][nH]c(=O)c1CCC(=O)N/N=C/C=C/c1ccccc1. The van der Waals surface area contributed by atoms with E-state index in [0.717, 1.165) is 11.3 Å². The van der Waals surface area contributed by atoms with Crippen molar-refractivity contribution < 1.29 is 4.79 Å². The average Bonchev–Trinajstić information content (AvgIpc) is 2.84. The number of carbonyl (C=O) groups excluding carboxylic acids is 1. The number of nitrogens with one attached hydrogen (secondary N) is 3. The number of allylic oxidation sites excluding steroid dienone is 1. The summed E-state index contributed by atoms with van der Waals surface area (Å²) >= 11 is 0. The zero-order valence-electron chi connectivity index (χ0n) is 12.3. The monoisotopic (exact) mass is 298 g/mol. The highest BCUT2D eigenvalue weighted by Gasteiger charge is 2.08. The second-order valence-corrected chi connectivity index (χ2v) is 4.77. The average molecular weight is 298 g/mol. The van der Waals surface area contributed by atoms with E-state index >= 15 is 0 Å². The Morgan fingerprint density at radius 3 is 2.73 bits per heavy atom. The summed E-state index contributed by atoms with van der Waals surface area (Å²) in [6.07, 6.45) is 5.74. The molecule has 1 aromatic heterocycles. The summed E-state index contributed by atoms with van der Waals surface area (Å²) in [5.41, 5.74) is 4.66. The van der Waals surface area contributed by atoms with Crippen LogP contribution in [-0.4, -0.2) is 22.3 Å². The van der Waals surface area contributed by atoms with Crippen LogP contribution in [-0.2, 0) is 11.2 Å². The summed E-state index contributed by atoms with van der Waals surface area (Å²) in [5, 5.41) is 9.04. The third-order valence-corrected chi connectivity index (χ3v) is 3.13. The summed E-state index contributed by atoms with van der Waals surface area (Å²) in [6.45, 7) is 1.79. The molecule has 0 saturated heterocycles. The molecule has 1 aromatic carbocycles. The minimum Gasteiger partial charge on any atom is -0.302 e. The molecule has 6 nitrogen and oxygen atoms in total. The van der Waals surface area contributed by atoms with Crippen LogP contribution in [0.15, 0.2) is 46.3 Å². The Morgan fingerprint density at radius 1 is 1.27 bits per heavy atom. The number of benzene rings is 1. The fraction of sp³-hybridized carbons (Fsp3) is 0.188. The molecule has 0 aliphatic rings. The molecule has 0 saturated carbocycles. The molecule has 0 fully saturated rings. The predicted octanol–water partition coefficient (Wildman–Crippen LogP) is 1.76. The fourth-order valence-corrected chi connectivity index (χ4v) is 1.94. The second kappa shape index (κ2) is 7.78. The number of nitrogens with zero attached hydrogens (tertiary/aromatic N) is 1. The van der Waals surface area contributed by atoms with Crippen LogP contribution in [0.25, 0.3) is 6.08 Å². The highest BCUT2D eigenvalue weighted by molar-refractivity contribution is 5.81. The normalized spacial score (nSPS) is 11.3. The number of H-pyrrole nitrogens is 2. The lowest BCUT2D eigenvalue weighted by Gasteiger charge is -1.98. The lowest BCUT2D eigenvalue weighted by molar-refractivity contribution is -0.121. The molecule has 22 heavy (non-hydrogen) atoms. The van der Waals surface area contributed by atoms with E-state index in [9.17, 15) is 9.59 Å². The third kappa shape index (κ3) is 4.59. The van der Waals surface area contributed by atoms with Gasteiger partial charge in [0.25, 0.3) is 5.56 Å². The molecule has 1 heterocycles. The number of carbonyl (C=O) groups is 1. The Hall–Kier alpha value is -2.89. The first kappa shape index (κ1) is 15.5. The standard InChI is InChI=1S/C16H18N4O2/c1-12-14(16(22)20-18-12)9-10-15(21)19-17-11-5-8-13-6-3-2-4-7-13/h2-8,11H,9-10H2,1H3,(H,19,21)(H2,18,20,22)/b8-5+,17-11+. The Morgan fingerprint density at radius 2 is 2.05 bits per heavy atom. The molecule has 0 aliphatic heterocycles. The van der Waals surface area contributed by atoms with E-state index in [2.05, 4.69) is 20.7 Å². The lowest BCUT2D eigenvalue weighted by atomic mass is 10.1. The van der Waals surface area contributed by atoms with Crippen LogP contribution in [0.2, 0.25) is 0 Å². The molecule has 3 N–H and O–H groups in total. The lowest BCUT2D eigenvalue weighted by Crippen LogP contribution is -2.19. The predicted molar refractivity (Wildman–Crippen MR) is 86.6 cm³/mol. The van der Waals surface area contributed by atoms with Gasteiger partial charge in [-0.3, -0.25) is 14.7 Å². The van der Waals surface area contributed by atoms with E-state index in [1.54, 1.807) is 13.0 Å². The van der Waals surface area contributed by atoms with Gasteiger partial charge in [0.05, 0.1) is 0 Å². The van der Waals surface area contributed by atoms with Gasteiger partial charge >= 0.3 is 0 Å². The van der Waals surface area contributed by atoms with Gasteiger partial charge in [-0.25, -0.2) is 5.43 Å². The molecular weight excluding hydrogens is 280 g/mol. The summed E-state index contributed by atoms with van der Waals surface area (Å²) in [7, 11) is 0. The summed E-state index contributed by atoms with van der Waals surface area (Å²) in [6, 6.07) is 9.79. The van der Waals surface area contributed by atoms with E-state index in [1.807, 2.05) is 36.4 Å².